The Labute approximate surface area is 162 Å². The second kappa shape index (κ2) is 8.43. The molecule has 1 unspecified atom stereocenters. The second-order valence-electron chi connectivity index (χ2n) is 6.47. The summed E-state index contributed by atoms with van der Waals surface area (Å²) in [6.45, 7) is 1.07. The zero-order chi connectivity index (χ0) is 19.4. The Morgan fingerprint density at radius 2 is 2.19 bits per heavy atom. The number of amides is 2. The van der Waals surface area contributed by atoms with E-state index in [9.17, 15) is 9.59 Å². The number of ether oxygens (including phenoxy) is 1. The van der Waals surface area contributed by atoms with Gasteiger partial charge in [-0.2, -0.15) is 0 Å². The maximum absolute atomic E-state index is 12.5. The molecule has 0 aliphatic carbocycles. The van der Waals surface area contributed by atoms with Gasteiger partial charge in [-0.15, -0.1) is 10.2 Å². The summed E-state index contributed by atoms with van der Waals surface area (Å²) in [5, 5.41) is 9.09. The first-order valence-corrected chi connectivity index (χ1v) is 9.72. The average molecular weight is 389 g/mol. The lowest BCUT2D eigenvalue weighted by Gasteiger charge is -2.31. The van der Waals surface area contributed by atoms with Crippen LogP contribution in [0.2, 0.25) is 0 Å². The van der Waals surface area contributed by atoms with Gasteiger partial charge in [-0.25, -0.2) is 0 Å². The molecule has 2 amide bonds. The van der Waals surface area contributed by atoms with Crippen LogP contribution in [-0.4, -0.2) is 57.4 Å². The van der Waals surface area contributed by atoms with Crippen molar-refractivity contribution in [2.45, 2.75) is 18.0 Å². The number of hydrogen-bond acceptors (Lipinski definition) is 6. The molecule has 27 heavy (non-hydrogen) atoms. The van der Waals surface area contributed by atoms with Crippen LogP contribution in [-0.2, 0) is 16.6 Å². The topological polar surface area (TPSA) is 103 Å². The maximum atomic E-state index is 12.5. The van der Waals surface area contributed by atoms with Crippen LogP contribution >= 0.6 is 11.8 Å². The monoisotopic (exact) mass is 389 g/mol. The summed E-state index contributed by atoms with van der Waals surface area (Å²) in [6.07, 6.45) is 1.55. The third-order valence-corrected chi connectivity index (χ3v) is 5.67. The van der Waals surface area contributed by atoms with Crippen LogP contribution in [0.5, 0.6) is 5.75 Å². The van der Waals surface area contributed by atoms with Gasteiger partial charge in [0.05, 0.1) is 18.8 Å². The first-order chi connectivity index (χ1) is 13.0. The Morgan fingerprint density at radius 3 is 2.93 bits per heavy atom. The quantitative estimate of drug-likeness (QED) is 0.747. The second-order valence-corrected chi connectivity index (χ2v) is 7.41. The van der Waals surface area contributed by atoms with Gasteiger partial charge in [0.1, 0.15) is 5.75 Å². The van der Waals surface area contributed by atoms with Crippen molar-refractivity contribution in [1.29, 1.82) is 0 Å². The zero-order valence-corrected chi connectivity index (χ0v) is 16.2. The van der Waals surface area contributed by atoms with E-state index in [1.807, 2.05) is 35.9 Å². The van der Waals surface area contributed by atoms with Crippen molar-refractivity contribution in [1.82, 2.24) is 19.7 Å². The van der Waals surface area contributed by atoms with E-state index in [1.54, 1.807) is 12.0 Å². The van der Waals surface area contributed by atoms with Gasteiger partial charge >= 0.3 is 0 Å². The van der Waals surface area contributed by atoms with Crippen molar-refractivity contribution in [3.63, 3.8) is 0 Å². The number of carbonyl (C=O) groups excluding carboxylic acids is 2. The van der Waals surface area contributed by atoms with Crippen LogP contribution in [0.3, 0.4) is 0 Å². The van der Waals surface area contributed by atoms with Crippen molar-refractivity contribution in [2.24, 2.45) is 18.7 Å². The van der Waals surface area contributed by atoms with Crippen molar-refractivity contribution in [3.8, 4) is 17.1 Å². The molecule has 2 aromatic rings. The first kappa shape index (κ1) is 19.2. The lowest BCUT2D eigenvalue weighted by molar-refractivity contribution is -0.132. The number of hydrogen-bond donors (Lipinski definition) is 1. The Hall–Kier alpha value is -2.55. The molecule has 9 heteroatoms. The van der Waals surface area contributed by atoms with Crippen LogP contribution in [0.25, 0.3) is 11.4 Å². The highest BCUT2D eigenvalue weighted by Crippen LogP contribution is 2.26. The van der Waals surface area contributed by atoms with Crippen molar-refractivity contribution >= 4 is 23.6 Å². The van der Waals surface area contributed by atoms with Gasteiger partial charge in [0.15, 0.2) is 11.0 Å². The molecule has 1 aromatic heterocycles. The fraction of sp³-hybridized carbons (Fsp3) is 0.444. The number of nitrogens with two attached hydrogens (primary N) is 1. The normalized spacial score (nSPS) is 17.0. The summed E-state index contributed by atoms with van der Waals surface area (Å²) in [4.78, 5) is 25.6. The van der Waals surface area contributed by atoms with Crippen LogP contribution in [0, 0.1) is 5.92 Å². The first-order valence-electron chi connectivity index (χ1n) is 8.73. The molecule has 1 aliphatic heterocycles. The molecular weight excluding hydrogens is 366 g/mol. The summed E-state index contributed by atoms with van der Waals surface area (Å²) in [5.74, 6) is 1.09. The molecule has 3 rings (SSSR count). The minimum absolute atomic E-state index is 0.0168. The standard InChI is InChI=1S/C18H23N5O3S/c1-22-17(12-5-3-7-14(9-12)26-2)20-21-18(22)27-11-15(24)23-8-4-6-13(10-23)16(19)25/h3,5,7,9,13H,4,6,8,10-11H2,1-2H3,(H2,19,25). The number of likely N-dealkylation sites (tertiary alicyclic amines) is 1. The van der Waals surface area contributed by atoms with Gasteiger partial charge in [-0.05, 0) is 25.0 Å². The Bertz CT molecular complexity index is 838. The highest BCUT2D eigenvalue weighted by molar-refractivity contribution is 7.99. The molecule has 0 bridgehead atoms. The SMILES string of the molecule is COc1cccc(-c2nnc(SCC(=O)N3CCCC(C(N)=O)C3)n2C)c1. The number of thioether (sulfide) groups is 1. The summed E-state index contributed by atoms with van der Waals surface area (Å²) < 4.78 is 7.11. The minimum atomic E-state index is -0.337. The largest absolute Gasteiger partial charge is 0.497 e. The van der Waals surface area contributed by atoms with Gasteiger partial charge in [-0.3, -0.25) is 9.59 Å². The van der Waals surface area contributed by atoms with Crippen LogP contribution < -0.4 is 10.5 Å². The van der Waals surface area contributed by atoms with E-state index in [4.69, 9.17) is 10.5 Å². The molecule has 1 atom stereocenters. The maximum Gasteiger partial charge on any atom is 0.233 e. The summed E-state index contributed by atoms with van der Waals surface area (Å²) >= 11 is 1.33. The van der Waals surface area contributed by atoms with Crippen LogP contribution in [0.15, 0.2) is 29.4 Å². The number of carbonyl (C=O) groups is 2. The number of rotatable bonds is 6. The number of piperidine rings is 1. The zero-order valence-electron chi connectivity index (χ0n) is 15.4. The molecule has 144 valence electrons. The lowest BCUT2D eigenvalue weighted by atomic mass is 9.97. The molecule has 0 radical (unpaired) electrons. The molecule has 0 saturated carbocycles. The van der Waals surface area contributed by atoms with Gasteiger partial charge in [-0.1, -0.05) is 23.9 Å². The number of aromatic nitrogens is 3. The lowest BCUT2D eigenvalue weighted by Crippen LogP contribution is -2.44. The average Bonchev–Trinajstić information content (AvgIpc) is 3.06. The van der Waals surface area contributed by atoms with E-state index in [2.05, 4.69) is 10.2 Å². The molecule has 1 aliphatic rings. The van der Waals surface area contributed by atoms with E-state index in [0.717, 1.165) is 24.2 Å². The van der Waals surface area contributed by atoms with Gasteiger partial charge < -0.3 is 19.9 Å². The van der Waals surface area contributed by atoms with Crippen molar-refractivity contribution in [2.75, 3.05) is 26.0 Å². The highest BCUT2D eigenvalue weighted by atomic mass is 32.2. The molecular formula is C18H23N5O3S. The molecule has 0 spiro atoms. The Balaban J connectivity index is 1.64. The fourth-order valence-electron chi connectivity index (χ4n) is 3.11. The molecule has 2 N–H and O–H groups in total. The van der Waals surface area contributed by atoms with E-state index in [0.29, 0.717) is 24.1 Å². The highest BCUT2D eigenvalue weighted by Gasteiger charge is 2.27. The molecule has 2 heterocycles. The number of methoxy groups -OCH3 is 1. The predicted molar refractivity (Wildman–Crippen MR) is 102 cm³/mol. The fourth-order valence-corrected chi connectivity index (χ4v) is 3.92. The third-order valence-electron chi connectivity index (χ3n) is 4.66. The smallest absolute Gasteiger partial charge is 0.233 e. The molecule has 1 fully saturated rings. The Morgan fingerprint density at radius 1 is 1.37 bits per heavy atom. The van der Waals surface area contributed by atoms with Gasteiger partial charge in [0, 0.05) is 25.7 Å². The predicted octanol–water partition coefficient (Wildman–Crippen LogP) is 1.31. The van der Waals surface area contributed by atoms with E-state index in [-0.39, 0.29) is 23.5 Å². The number of nitrogens with zero attached hydrogens (tertiary/aromatic N) is 4. The number of primary amides is 1. The van der Waals surface area contributed by atoms with Gasteiger partial charge in [0.2, 0.25) is 11.8 Å². The third kappa shape index (κ3) is 4.41. The Kier molecular flexibility index (Phi) is 6.00. The summed E-state index contributed by atoms with van der Waals surface area (Å²) in [7, 11) is 3.48. The van der Waals surface area contributed by atoms with E-state index >= 15 is 0 Å². The van der Waals surface area contributed by atoms with Crippen molar-refractivity contribution < 1.29 is 14.3 Å². The van der Waals surface area contributed by atoms with Crippen molar-refractivity contribution in [3.05, 3.63) is 24.3 Å². The molecule has 8 nitrogen and oxygen atoms in total. The molecule has 1 saturated heterocycles. The summed E-state index contributed by atoms with van der Waals surface area (Å²) in [6, 6.07) is 7.59. The number of benzene rings is 1. The van der Waals surface area contributed by atoms with Crippen LogP contribution in [0.1, 0.15) is 12.8 Å². The van der Waals surface area contributed by atoms with Crippen LogP contribution in [0.4, 0.5) is 0 Å². The van der Waals surface area contributed by atoms with E-state index < -0.39 is 0 Å². The van der Waals surface area contributed by atoms with E-state index in [1.165, 1.54) is 11.8 Å². The van der Waals surface area contributed by atoms with Gasteiger partial charge in [0.25, 0.3) is 0 Å². The minimum Gasteiger partial charge on any atom is -0.497 e. The summed E-state index contributed by atoms with van der Waals surface area (Å²) in [5.41, 5.74) is 6.27. The molecule has 1 aromatic carbocycles.